The molecule has 0 aliphatic carbocycles. The molecule has 0 aromatic heterocycles. The van der Waals surface area contributed by atoms with Crippen LogP contribution in [0.2, 0.25) is 0 Å². The molecule has 1 atom stereocenters. The lowest BCUT2D eigenvalue weighted by molar-refractivity contribution is -0.0793. The van der Waals surface area contributed by atoms with E-state index in [0.717, 1.165) is 17.7 Å². The maximum atomic E-state index is 11.5. The Balaban J connectivity index is 2.20. The molecule has 1 aliphatic heterocycles. The van der Waals surface area contributed by atoms with E-state index in [0.29, 0.717) is 12.0 Å². The van der Waals surface area contributed by atoms with Crippen molar-refractivity contribution in [3.05, 3.63) is 35.4 Å². The van der Waals surface area contributed by atoms with Gasteiger partial charge >= 0.3 is 5.97 Å². The fraction of sp³-hybridized carbons (Fsp3) is 0.500. The van der Waals surface area contributed by atoms with Gasteiger partial charge in [-0.25, -0.2) is 4.79 Å². The number of carbonyl (C=O) groups excluding carboxylic acids is 1. The highest BCUT2D eigenvalue weighted by atomic mass is 16.6. The predicted molar refractivity (Wildman–Crippen MR) is 79.4 cm³/mol. The van der Waals surface area contributed by atoms with Crippen LogP contribution in [-0.2, 0) is 14.3 Å². The number of nitrogens with zero attached hydrogens (tertiary/aromatic N) is 1. The Morgan fingerprint density at radius 3 is 2.52 bits per heavy atom. The molecule has 114 valence electrons. The first kappa shape index (κ1) is 15.5. The second-order valence-corrected chi connectivity index (χ2v) is 5.70. The molecule has 1 aliphatic rings. The Labute approximate surface area is 124 Å². The van der Waals surface area contributed by atoms with Crippen LogP contribution in [-0.4, -0.2) is 31.5 Å². The highest BCUT2D eigenvalue weighted by molar-refractivity contribution is 5.89. The van der Waals surface area contributed by atoms with Crippen LogP contribution in [0, 0.1) is 0 Å². The van der Waals surface area contributed by atoms with E-state index in [2.05, 4.69) is 5.16 Å². The minimum atomic E-state index is -0.340. The summed E-state index contributed by atoms with van der Waals surface area (Å²) in [4.78, 5) is 16.3. The van der Waals surface area contributed by atoms with Gasteiger partial charge in [-0.1, -0.05) is 17.3 Å². The van der Waals surface area contributed by atoms with Crippen LogP contribution in [0.1, 0.15) is 48.7 Å². The number of hydrogen-bond donors (Lipinski definition) is 0. The number of benzene rings is 1. The molecule has 5 heteroatoms. The lowest BCUT2D eigenvalue weighted by Gasteiger charge is -2.36. The number of oxime groups is 1. The van der Waals surface area contributed by atoms with Crippen molar-refractivity contribution in [3.8, 4) is 0 Å². The van der Waals surface area contributed by atoms with Gasteiger partial charge in [-0.2, -0.15) is 0 Å². The fourth-order valence-corrected chi connectivity index (χ4v) is 2.58. The zero-order valence-electron chi connectivity index (χ0n) is 12.9. The van der Waals surface area contributed by atoms with Gasteiger partial charge in [0, 0.05) is 12.8 Å². The van der Waals surface area contributed by atoms with Gasteiger partial charge in [0.25, 0.3) is 0 Å². The second-order valence-electron chi connectivity index (χ2n) is 5.70. The molecule has 0 bridgehead atoms. The zero-order valence-corrected chi connectivity index (χ0v) is 12.9. The number of rotatable bonds is 3. The molecule has 21 heavy (non-hydrogen) atoms. The smallest absolute Gasteiger partial charge is 0.337 e. The predicted octanol–water partition coefficient (Wildman–Crippen LogP) is 3.11. The van der Waals surface area contributed by atoms with Crippen LogP contribution in [0.25, 0.3) is 0 Å². The first-order valence-electron chi connectivity index (χ1n) is 6.90. The first-order chi connectivity index (χ1) is 9.95. The van der Waals surface area contributed by atoms with Gasteiger partial charge in [-0.05, 0) is 31.5 Å². The Morgan fingerprint density at radius 2 is 1.95 bits per heavy atom. The van der Waals surface area contributed by atoms with Gasteiger partial charge in [0.05, 0.1) is 30.1 Å². The minimum absolute atomic E-state index is 0.0886. The Kier molecular flexibility index (Phi) is 4.63. The van der Waals surface area contributed by atoms with Crippen molar-refractivity contribution in [1.82, 2.24) is 0 Å². The SMILES string of the molecule is CON=C1CC(c2ccc(C(=O)OC)cc2)OC(C)(C)C1. The molecule has 0 saturated carbocycles. The number of esters is 1. The van der Waals surface area contributed by atoms with E-state index >= 15 is 0 Å². The van der Waals surface area contributed by atoms with E-state index < -0.39 is 0 Å². The van der Waals surface area contributed by atoms with Crippen molar-refractivity contribution in [2.75, 3.05) is 14.2 Å². The summed E-state index contributed by atoms with van der Waals surface area (Å²) in [7, 11) is 2.92. The van der Waals surface area contributed by atoms with Crippen LogP contribution in [0.4, 0.5) is 0 Å². The summed E-state index contributed by atoms with van der Waals surface area (Å²) in [6.07, 6.45) is 1.35. The summed E-state index contributed by atoms with van der Waals surface area (Å²) >= 11 is 0. The molecule has 0 N–H and O–H groups in total. The van der Waals surface area contributed by atoms with Crippen molar-refractivity contribution in [2.24, 2.45) is 5.16 Å². The van der Waals surface area contributed by atoms with Gasteiger partial charge in [0.2, 0.25) is 0 Å². The molecule has 1 aromatic carbocycles. The summed E-state index contributed by atoms with van der Waals surface area (Å²) in [5, 5.41) is 4.08. The standard InChI is InChI=1S/C16H21NO4/c1-16(2)10-13(17-20-4)9-14(21-16)11-5-7-12(8-6-11)15(18)19-3/h5-8,14H,9-10H2,1-4H3. The second kappa shape index (κ2) is 6.26. The van der Waals surface area contributed by atoms with Crippen molar-refractivity contribution >= 4 is 11.7 Å². The summed E-state index contributed by atoms with van der Waals surface area (Å²) < 4.78 is 10.8. The normalized spacial score (nSPS) is 22.9. The van der Waals surface area contributed by atoms with Crippen molar-refractivity contribution in [1.29, 1.82) is 0 Å². The van der Waals surface area contributed by atoms with Gasteiger partial charge in [0.15, 0.2) is 0 Å². The quantitative estimate of drug-likeness (QED) is 0.634. The molecule has 1 unspecified atom stereocenters. The maximum Gasteiger partial charge on any atom is 0.337 e. The highest BCUT2D eigenvalue weighted by Gasteiger charge is 2.33. The van der Waals surface area contributed by atoms with Gasteiger partial charge in [0.1, 0.15) is 7.11 Å². The van der Waals surface area contributed by atoms with Gasteiger partial charge in [-0.3, -0.25) is 0 Å². The van der Waals surface area contributed by atoms with Crippen molar-refractivity contribution in [2.45, 2.75) is 38.4 Å². The summed E-state index contributed by atoms with van der Waals surface area (Å²) in [6, 6.07) is 7.28. The topological polar surface area (TPSA) is 57.1 Å². The Bertz CT molecular complexity index is 534. The van der Waals surface area contributed by atoms with Crippen molar-refractivity contribution in [3.63, 3.8) is 0 Å². The molecular formula is C16H21NO4. The Morgan fingerprint density at radius 1 is 1.29 bits per heavy atom. The molecule has 0 amide bonds. The Hall–Kier alpha value is -1.88. The van der Waals surface area contributed by atoms with Gasteiger partial charge in [-0.15, -0.1) is 0 Å². The molecule has 1 aromatic rings. The number of methoxy groups -OCH3 is 1. The van der Waals surface area contributed by atoms with Crippen LogP contribution in [0.5, 0.6) is 0 Å². The molecule has 2 rings (SSSR count). The summed E-state index contributed by atoms with van der Waals surface area (Å²) in [6.45, 7) is 4.07. The monoisotopic (exact) mass is 291 g/mol. The molecule has 1 fully saturated rings. The molecule has 1 saturated heterocycles. The van der Waals surface area contributed by atoms with E-state index in [-0.39, 0.29) is 17.7 Å². The molecular weight excluding hydrogens is 270 g/mol. The fourth-order valence-electron chi connectivity index (χ4n) is 2.58. The lowest BCUT2D eigenvalue weighted by atomic mass is 9.90. The number of carbonyl (C=O) groups is 1. The van der Waals surface area contributed by atoms with Crippen LogP contribution in [0.15, 0.2) is 29.4 Å². The van der Waals surface area contributed by atoms with Crippen LogP contribution in [0.3, 0.4) is 0 Å². The van der Waals surface area contributed by atoms with Crippen LogP contribution < -0.4 is 0 Å². The molecule has 0 radical (unpaired) electrons. The average Bonchev–Trinajstić information content (AvgIpc) is 2.45. The van der Waals surface area contributed by atoms with Crippen molar-refractivity contribution < 1.29 is 19.1 Å². The summed E-state index contributed by atoms with van der Waals surface area (Å²) in [5.74, 6) is -0.340. The third kappa shape index (κ3) is 3.82. The van der Waals surface area contributed by atoms with Crippen LogP contribution >= 0.6 is 0 Å². The number of ether oxygens (including phenoxy) is 2. The largest absolute Gasteiger partial charge is 0.465 e. The van der Waals surface area contributed by atoms with E-state index in [9.17, 15) is 4.79 Å². The van der Waals surface area contributed by atoms with Gasteiger partial charge < -0.3 is 14.3 Å². The molecule has 0 spiro atoms. The zero-order chi connectivity index (χ0) is 15.5. The van der Waals surface area contributed by atoms with E-state index in [1.54, 1.807) is 19.2 Å². The first-order valence-corrected chi connectivity index (χ1v) is 6.90. The molecule has 1 heterocycles. The minimum Gasteiger partial charge on any atom is -0.465 e. The third-order valence-electron chi connectivity index (χ3n) is 3.44. The van der Waals surface area contributed by atoms with E-state index in [1.165, 1.54) is 7.11 Å². The highest BCUT2D eigenvalue weighted by Crippen LogP contribution is 2.35. The van der Waals surface area contributed by atoms with E-state index in [1.807, 2.05) is 26.0 Å². The molecule has 5 nitrogen and oxygen atoms in total. The average molecular weight is 291 g/mol. The van der Waals surface area contributed by atoms with E-state index in [4.69, 9.17) is 14.3 Å². The maximum absolute atomic E-state index is 11.5. The lowest BCUT2D eigenvalue weighted by Crippen LogP contribution is -2.36. The number of hydrogen-bond acceptors (Lipinski definition) is 5. The third-order valence-corrected chi connectivity index (χ3v) is 3.44. The summed E-state index contributed by atoms with van der Waals surface area (Å²) in [5.41, 5.74) is 2.23.